The molecule has 0 aromatic heterocycles. The largest absolute Gasteiger partial charge is 0.454 e. The molecule has 0 saturated carbocycles. The molecule has 1 aromatic rings. The summed E-state index contributed by atoms with van der Waals surface area (Å²) in [6.45, 7) is 0.946. The van der Waals surface area contributed by atoms with Gasteiger partial charge in [0.1, 0.15) is 6.61 Å². The van der Waals surface area contributed by atoms with Crippen LogP contribution in [0.15, 0.2) is 27.6 Å². The number of nitrogens with zero attached hydrogens (tertiary/aromatic N) is 1. The third-order valence-electron chi connectivity index (χ3n) is 2.33. The van der Waals surface area contributed by atoms with E-state index < -0.39 is 16.0 Å². The molecule has 0 radical (unpaired) electrons. The van der Waals surface area contributed by atoms with Crippen LogP contribution in [0.3, 0.4) is 0 Å². The van der Waals surface area contributed by atoms with Crippen LogP contribution < -0.4 is 0 Å². The molecule has 8 heteroatoms. The maximum atomic E-state index is 12.1. The Morgan fingerprint density at radius 3 is 2.40 bits per heavy atom. The Hall–Kier alpha value is -1.25. The van der Waals surface area contributed by atoms with Crippen molar-refractivity contribution in [1.82, 2.24) is 4.31 Å². The van der Waals surface area contributed by atoms with Crippen molar-refractivity contribution in [2.75, 3.05) is 20.7 Å². The van der Waals surface area contributed by atoms with Gasteiger partial charge in [0.25, 0.3) is 0 Å². The summed E-state index contributed by atoms with van der Waals surface area (Å²) in [7, 11) is -0.900. The van der Waals surface area contributed by atoms with Gasteiger partial charge in [-0.3, -0.25) is 4.79 Å². The molecule has 0 spiro atoms. The third kappa shape index (κ3) is 3.87. The fourth-order valence-corrected chi connectivity index (χ4v) is 3.12. The fraction of sp³-hybridized carbons (Fsp3) is 0.333. The Morgan fingerprint density at radius 1 is 1.30 bits per heavy atom. The normalized spacial score (nSPS) is 11.4. The lowest BCUT2D eigenvalue weighted by Gasteiger charge is -2.13. The number of Topliss-reactive ketones (excluding diaryl/α,β-unsaturated/α-hetero) is 1. The first kappa shape index (κ1) is 16.8. The second-order valence-electron chi connectivity index (χ2n) is 4.21. The van der Waals surface area contributed by atoms with Crippen LogP contribution in [0.5, 0.6) is 0 Å². The predicted octanol–water partition coefficient (Wildman–Crippen LogP) is 1.45. The maximum absolute atomic E-state index is 12.1. The minimum absolute atomic E-state index is 0.0419. The summed E-state index contributed by atoms with van der Waals surface area (Å²) in [6.07, 6.45) is 0. The molecule has 0 amide bonds. The van der Waals surface area contributed by atoms with E-state index in [1.165, 1.54) is 39.2 Å². The first-order chi connectivity index (χ1) is 9.16. The second-order valence-corrected chi connectivity index (χ2v) is 7.19. The minimum atomic E-state index is -3.68. The van der Waals surface area contributed by atoms with E-state index in [2.05, 4.69) is 15.9 Å². The highest BCUT2D eigenvalue weighted by Gasteiger charge is 2.22. The zero-order valence-electron chi connectivity index (χ0n) is 11.2. The van der Waals surface area contributed by atoms with Gasteiger partial charge in [0, 0.05) is 18.6 Å². The first-order valence-electron chi connectivity index (χ1n) is 5.55. The predicted molar refractivity (Wildman–Crippen MR) is 76.0 cm³/mol. The van der Waals surface area contributed by atoms with E-state index >= 15 is 0 Å². The number of ketones is 1. The molecule has 6 nitrogen and oxygen atoms in total. The van der Waals surface area contributed by atoms with Crippen molar-refractivity contribution in [3.05, 3.63) is 28.2 Å². The van der Waals surface area contributed by atoms with Crippen molar-refractivity contribution in [2.24, 2.45) is 0 Å². The lowest BCUT2D eigenvalue weighted by molar-refractivity contribution is -0.120. The summed E-state index contributed by atoms with van der Waals surface area (Å²) in [5, 5.41) is 0. The SMILES string of the molecule is CC(=O)COC(=O)c1ccc(Br)c(S(=O)(=O)N(C)C)c1. The zero-order valence-corrected chi connectivity index (χ0v) is 13.6. The van der Waals surface area contributed by atoms with Gasteiger partial charge in [0.05, 0.1) is 10.5 Å². The van der Waals surface area contributed by atoms with Crippen molar-refractivity contribution in [2.45, 2.75) is 11.8 Å². The van der Waals surface area contributed by atoms with Crippen LogP contribution in [0, 0.1) is 0 Å². The summed E-state index contributed by atoms with van der Waals surface area (Å²) in [5.41, 5.74) is 0.0647. The molecule has 0 atom stereocenters. The highest BCUT2D eigenvalue weighted by molar-refractivity contribution is 9.10. The maximum Gasteiger partial charge on any atom is 0.338 e. The third-order valence-corrected chi connectivity index (χ3v) is 5.14. The lowest BCUT2D eigenvalue weighted by Crippen LogP contribution is -2.23. The number of benzene rings is 1. The topological polar surface area (TPSA) is 80.8 Å². The number of hydrogen-bond acceptors (Lipinski definition) is 5. The van der Waals surface area contributed by atoms with Crippen LogP contribution in [0.4, 0.5) is 0 Å². The molecule has 0 bridgehead atoms. The zero-order chi connectivity index (χ0) is 15.5. The van der Waals surface area contributed by atoms with Crippen molar-refractivity contribution in [3.8, 4) is 0 Å². The summed E-state index contributed by atoms with van der Waals surface area (Å²) in [4.78, 5) is 22.4. The lowest BCUT2D eigenvalue weighted by atomic mass is 10.2. The van der Waals surface area contributed by atoms with Crippen LogP contribution in [0.1, 0.15) is 17.3 Å². The van der Waals surface area contributed by atoms with Gasteiger partial charge in [-0.15, -0.1) is 0 Å². The molecule has 0 saturated heterocycles. The van der Waals surface area contributed by atoms with E-state index in [4.69, 9.17) is 4.74 Å². The van der Waals surface area contributed by atoms with Gasteiger partial charge in [-0.1, -0.05) is 0 Å². The smallest absolute Gasteiger partial charge is 0.338 e. The Morgan fingerprint density at radius 2 is 1.90 bits per heavy atom. The van der Waals surface area contributed by atoms with Crippen LogP contribution >= 0.6 is 15.9 Å². The number of rotatable bonds is 5. The van der Waals surface area contributed by atoms with E-state index in [1.54, 1.807) is 0 Å². The molecule has 0 unspecified atom stereocenters. The number of halogens is 1. The highest BCUT2D eigenvalue weighted by atomic mass is 79.9. The average molecular weight is 364 g/mol. The van der Waals surface area contributed by atoms with Gasteiger partial charge < -0.3 is 4.74 Å². The van der Waals surface area contributed by atoms with Crippen LogP contribution in [0.2, 0.25) is 0 Å². The number of esters is 1. The van der Waals surface area contributed by atoms with Gasteiger partial charge in [0.15, 0.2) is 5.78 Å². The second kappa shape index (κ2) is 6.47. The molecule has 0 fully saturated rings. The number of carbonyl (C=O) groups excluding carboxylic acids is 2. The molecule has 0 aliphatic rings. The average Bonchev–Trinajstić information content (AvgIpc) is 2.35. The van der Waals surface area contributed by atoms with Crippen molar-refractivity contribution in [3.63, 3.8) is 0 Å². The van der Waals surface area contributed by atoms with Crippen molar-refractivity contribution >= 4 is 37.7 Å². The van der Waals surface area contributed by atoms with Crippen molar-refractivity contribution in [1.29, 1.82) is 0 Å². The summed E-state index contributed by atoms with van der Waals surface area (Å²) in [6, 6.07) is 4.07. The number of sulfonamides is 1. The molecule has 1 rings (SSSR count). The summed E-state index contributed by atoms with van der Waals surface area (Å²) in [5.74, 6) is -1.04. The van der Waals surface area contributed by atoms with Crippen molar-refractivity contribution < 1.29 is 22.7 Å². The van der Waals surface area contributed by atoms with Gasteiger partial charge in [0.2, 0.25) is 10.0 Å². The van der Waals surface area contributed by atoms with Crippen LogP contribution in [-0.2, 0) is 19.6 Å². The van der Waals surface area contributed by atoms with Gasteiger partial charge in [-0.05, 0) is 41.1 Å². The minimum Gasteiger partial charge on any atom is -0.454 e. The van der Waals surface area contributed by atoms with Crippen LogP contribution in [-0.4, -0.2) is 45.2 Å². The Bertz CT molecular complexity index is 639. The highest BCUT2D eigenvalue weighted by Crippen LogP contribution is 2.25. The monoisotopic (exact) mass is 363 g/mol. The van der Waals surface area contributed by atoms with E-state index in [-0.39, 0.29) is 22.8 Å². The van der Waals surface area contributed by atoms with Crippen LogP contribution in [0.25, 0.3) is 0 Å². The van der Waals surface area contributed by atoms with E-state index in [9.17, 15) is 18.0 Å². The van der Waals surface area contributed by atoms with Gasteiger partial charge in [-0.25, -0.2) is 17.5 Å². The number of carbonyl (C=O) groups is 2. The molecule has 20 heavy (non-hydrogen) atoms. The molecular formula is C12H14BrNO5S. The Balaban J connectivity index is 3.16. The Kier molecular flexibility index (Phi) is 5.43. The Labute approximate surface area is 125 Å². The first-order valence-corrected chi connectivity index (χ1v) is 7.78. The van der Waals surface area contributed by atoms with Gasteiger partial charge >= 0.3 is 5.97 Å². The number of ether oxygens (including phenoxy) is 1. The fourth-order valence-electron chi connectivity index (χ4n) is 1.28. The summed E-state index contributed by atoms with van der Waals surface area (Å²) >= 11 is 3.13. The summed E-state index contributed by atoms with van der Waals surface area (Å²) < 4.78 is 30.3. The molecule has 110 valence electrons. The van der Waals surface area contributed by atoms with Gasteiger partial charge in [-0.2, -0.15) is 0 Å². The molecule has 0 aliphatic carbocycles. The number of hydrogen-bond donors (Lipinski definition) is 0. The van der Waals surface area contributed by atoms with E-state index in [0.717, 1.165) is 4.31 Å². The quantitative estimate of drug-likeness (QED) is 0.739. The van der Waals surface area contributed by atoms with E-state index in [1.807, 2.05) is 0 Å². The molecule has 0 N–H and O–H groups in total. The molecular weight excluding hydrogens is 350 g/mol. The van der Waals surface area contributed by atoms with E-state index in [0.29, 0.717) is 4.47 Å². The molecule has 0 heterocycles. The standard InChI is InChI=1S/C12H14BrNO5S/c1-8(15)7-19-12(16)9-4-5-10(13)11(6-9)20(17,18)14(2)3/h4-6H,7H2,1-3H3. The molecule has 1 aromatic carbocycles. The molecule has 0 aliphatic heterocycles.